The van der Waals surface area contributed by atoms with E-state index in [1.54, 1.807) is 0 Å². The van der Waals surface area contributed by atoms with Gasteiger partial charge < -0.3 is 5.11 Å². The maximum atomic E-state index is 12.8. The molecule has 0 aromatic rings. The van der Waals surface area contributed by atoms with Crippen molar-refractivity contribution in [3.63, 3.8) is 0 Å². The van der Waals surface area contributed by atoms with Crippen LogP contribution in [-0.4, -0.2) is 41.0 Å². The Morgan fingerprint density at radius 2 is 2.23 bits per heavy atom. The summed E-state index contributed by atoms with van der Waals surface area (Å²) in [7, 11) is 0. The molecule has 0 radical (unpaired) electrons. The lowest BCUT2D eigenvalue weighted by Gasteiger charge is -2.34. The second-order valence-corrected chi connectivity index (χ2v) is 3.44. The fraction of sp³-hybridized carbons (Fsp3) is 0.875. The Morgan fingerprint density at radius 3 is 2.69 bits per heavy atom. The first kappa shape index (κ1) is 10.4. The summed E-state index contributed by atoms with van der Waals surface area (Å²) < 4.78 is 25.7. The number of alkyl halides is 2. The molecule has 1 aliphatic rings. The Bertz CT molecular complexity index is 208. The topological polar surface area (TPSA) is 40.5 Å². The van der Waals surface area contributed by atoms with Gasteiger partial charge in [0, 0.05) is 6.42 Å². The molecular weight excluding hydrogens is 180 g/mol. The van der Waals surface area contributed by atoms with Crippen molar-refractivity contribution in [2.75, 3.05) is 13.1 Å². The van der Waals surface area contributed by atoms with Crippen LogP contribution in [0.15, 0.2) is 0 Å². The summed E-state index contributed by atoms with van der Waals surface area (Å²) in [5, 5.41) is 8.62. The molecule has 76 valence electrons. The van der Waals surface area contributed by atoms with Crippen LogP contribution in [0.5, 0.6) is 0 Å². The molecule has 1 unspecified atom stereocenters. The van der Waals surface area contributed by atoms with Gasteiger partial charge in [-0.05, 0) is 19.9 Å². The third-order valence-corrected chi connectivity index (χ3v) is 2.33. The summed E-state index contributed by atoms with van der Waals surface area (Å²) in [6.07, 6.45) is 0.237. The number of rotatable bonds is 2. The highest BCUT2D eigenvalue weighted by Crippen LogP contribution is 2.27. The molecule has 3 nitrogen and oxygen atoms in total. The van der Waals surface area contributed by atoms with Crippen LogP contribution in [0.2, 0.25) is 0 Å². The van der Waals surface area contributed by atoms with Crippen LogP contribution in [0, 0.1) is 0 Å². The van der Waals surface area contributed by atoms with Crippen LogP contribution in [0.1, 0.15) is 19.8 Å². The van der Waals surface area contributed by atoms with Gasteiger partial charge in [-0.2, -0.15) is 0 Å². The number of carboxylic acids is 1. The minimum Gasteiger partial charge on any atom is -0.480 e. The molecule has 1 atom stereocenters. The number of likely N-dealkylation sites (tertiary alicyclic amines) is 1. The molecule has 1 saturated heterocycles. The van der Waals surface area contributed by atoms with E-state index in [1.165, 1.54) is 11.8 Å². The lowest BCUT2D eigenvalue weighted by Crippen LogP contribution is -2.49. The van der Waals surface area contributed by atoms with Gasteiger partial charge in [-0.3, -0.25) is 9.69 Å². The average Bonchev–Trinajstić information content (AvgIpc) is 2.01. The van der Waals surface area contributed by atoms with E-state index in [-0.39, 0.29) is 6.42 Å². The van der Waals surface area contributed by atoms with Crippen molar-refractivity contribution in [1.82, 2.24) is 4.90 Å². The molecule has 0 aromatic carbocycles. The SMILES string of the molecule is CC(C(=O)O)N1CCCC(F)(F)C1. The average molecular weight is 193 g/mol. The van der Waals surface area contributed by atoms with Gasteiger partial charge >= 0.3 is 5.97 Å². The molecule has 1 fully saturated rings. The van der Waals surface area contributed by atoms with E-state index in [0.717, 1.165) is 0 Å². The molecule has 1 heterocycles. The van der Waals surface area contributed by atoms with Crippen LogP contribution in [0.25, 0.3) is 0 Å². The summed E-state index contributed by atoms with van der Waals surface area (Å²) >= 11 is 0. The second kappa shape index (κ2) is 3.57. The number of carboxylic acid groups (broad SMARTS) is 1. The third kappa shape index (κ3) is 2.62. The first-order chi connectivity index (χ1) is 5.92. The Kier molecular flexibility index (Phi) is 2.85. The zero-order valence-electron chi connectivity index (χ0n) is 7.46. The van der Waals surface area contributed by atoms with Crippen molar-refractivity contribution in [1.29, 1.82) is 0 Å². The number of hydrogen-bond donors (Lipinski definition) is 1. The molecule has 1 N–H and O–H groups in total. The minimum absolute atomic E-state index is 0.129. The van der Waals surface area contributed by atoms with Gasteiger partial charge in [0.2, 0.25) is 0 Å². The van der Waals surface area contributed by atoms with E-state index < -0.39 is 24.5 Å². The van der Waals surface area contributed by atoms with Crippen molar-refractivity contribution in [2.45, 2.75) is 31.7 Å². The van der Waals surface area contributed by atoms with Crippen molar-refractivity contribution >= 4 is 5.97 Å². The van der Waals surface area contributed by atoms with Crippen molar-refractivity contribution < 1.29 is 18.7 Å². The fourth-order valence-electron chi connectivity index (χ4n) is 1.48. The second-order valence-electron chi connectivity index (χ2n) is 3.44. The predicted molar refractivity (Wildman–Crippen MR) is 42.9 cm³/mol. The Morgan fingerprint density at radius 1 is 1.62 bits per heavy atom. The number of aliphatic carboxylic acids is 1. The molecule has 0 aromatic heterocycles. The van der Waals surface area contributed by atoms with E-state index in [0.29, 0.717) is 13.0 Å². The van der Waals surface area contributed by atoms with Crippen LogP contribution < -0.4 is 0 Å². The first-order valence-corrected chi connectivity index (χ1v) is 4.27. The van der Waals surface area contributed by atoms with Crippen molar-refractivity contribution in [2.24, 2.45) is 0 Å². The van der Waals surface area contributed by atoms with Crippen LogP contribution in [-0.2, 0) is 4.79 Å². The largest absolute Gasteiger partial charge is 0.480 e. The van der Waals surface area contributed by atoms with E-state index in [9.17, 15) is 13.6 Å². The third-order valence-electron chi connectivity index (χ3n) is 2.33. The van der Waals surface area contributed by atoms with Crippen LogP contribution >= 0.6 is 0 Å². The Balaban J connectivity index is 2.56. The smallest absolute Gasteiger partial charge is 0.320 e. The molecule has 1 rings (SSSR count). The normalized spacial score (nSPS) is 25.5. The number of halogens is 2. The highest BCUT2D eigenvalue weighted by Gasteiger charge is 2.38. The maximum Gasteiger partial charge on any atom is 0.320 e. The standard InChI is InChI=1S/C8H13F2NO2/c1-6(7(12)13)11-4-2-3-8(9,10)5-11/h6H,2-5H2,1H3,(H,12,13). The van der Waals surface area contributed by atoms with Crippen molar-refractivity contribution in [3.05, 3.63) is 0 Å². The lowest BCUT2D eigenvalue weighted by molar-refractivity contribution is -0.146. The highest BCUT2D eigenvalue weighted by molar-refractivity contribution is 5.72. The molecule has 0 saturated carbocycles. The van der Waals surface area contributed by atoms with Crippen LogP contribution in [0.3, 0.4) is 0 Å². The van der Waals surface area contributed by atoms with E-state index in [4.69, 9.17) is 5.11 Å². The molecule has 0 bridgehead atoms. The van der Waals surface area contributed by atoms with Crippen LogP contribution in [0.4, 0.5) is 8.78 Å². The number of carbonyl (C=O) groups is 1. The number of piperidine rings is 1. The van der Waals surface area contributed by atoms with E-state index in [2.05, 4.69) is 0 Å². The number of nitrogens with zero attached hydrogens (tertiary/aromatic N) is 1. The summed E-state index contributed by atoms with van der Waals surface area (Å²) in [5.74, 6) is -3.76. The molecule has 13 heavy (non-hydrogen) atoms. The van der Waals surface area contributed by atoms with Gasteiger partial charge in [0.15, 0.2) is 0 Å². The van der Waals surface area contributed by atoms with E-state index in [1.807, 2.05) is 0 Å². The lowest BCUT2D eigenvalue weighted by atomic mass is 10.1. The van der Waals surface area contributed by atoms with Crippen molar-refractivity contribution in [3.8, 4) is 0 Å². The summed E-state index contributed by atoms with van der Waals surface area (Å²) in [6, 6.07) is -0.814. The molecule has 1 aliphatic heterocycles. The molecule has 5 heteroatoms. The quantitative estimate of drug-likeness (QED) is 0.716. The highest BCUT2D eigenvalue weighted by atomic mass is 19.3. The van der Waals surface area contributed by atoms with Gasteiger partial charge in [-0.15, -0.1) is 0 Å². The van der Waals surface area contributed by atoms with E-state index >= 15 is 0 Å². The van der Waals surface area contributed by atoms with Gasteiger partial charge in [-0.25, -0.2) is 8.78 Å². The van der Waals surface area contributed by atoms with Gasteiger partial charge in [0.05, 0.1) is 6.54 Å². The zero-order chi connectivity index (χ0) is 10.1. The first-order valence-electron chi connectivity index (χ1n) is 4.27. The minimum atomic E-state index is -2.72. The zero-order valence-corrected chi connectivity index (χ0v) is 7.46. The molecule has 0 spiro atoms. The summed E-state index contributed by atoms with van der Waals surface area (Å²) in [5.41, 5.74) is 0. The number of hydrogen-bond acceptors (Lipinski definition) is 2. The predicted octanol–water partition coefficient (Wildman–Crippen LogP) is 1.19. The maximum absolute atomic E-state index is 12.8. The van der Waals surface area contributed by atoms with Gasteiger partial charge in [-0.1, -0.05) is 0 Å². The summed E-state index contributed by atoms with van der Waals surface area (Å²) in [4.78, 5) is 11.8. The monoisotopic (exact) mass is 193 g/mol. The van der Waals surface area contributed by atoms with Gasteiger partial charge in [0.1, 0.15) is 6.04 Å². The fourth-order valence-corrected chi connectivity index (χ4v) is 1.48. The van der Waals surface area contributed by atoms with Gasteiger partial charge in [0.25, 0.3) is 5.92 Å². The Labute approximate surface area is 75.3 Å². The summed E-state index contributed by atoms with van der Waals surface area (Å²) in [6.45, 7) is 1.45. The Hall–Kier alpha value is -0.710. The molecule has 0 aliphatic carbocycles. The molecular formula is C8H13F2NO2. The molecule has 0 amide bonds.